The van der Waals surface area contributed by atoms with Crippen LogP contribution < -0.4 is 10.6 Å². The van der Waals surface area contributed by atoms with E-state index in [0.29, 0.717) is 19.2 Å². The third kappa shape index (κ3) is 8.35. The molecule has 0 aliphatic carbocycles. The molecule has 0 bridgehead atoms. The number of nitrogens with zero attached hydrogens (tertiary/aromatic N) is 2. The Morgan fingerprint density at radius 1 is 1.30 bits per heavy atom. The van der Waals surface area contributed by atoms with Crippen LogP contribution in [0.5, 0.6) is 0 Å². The van der Waals surface area contributed by atoms with Crippen LogP contribution in [0.2, 0.25) is 0 Å². The quantitative estimate of drug-likeness (QED) is 0.333. The highest BCUT2D eigenvalue weighted by atomic mass is 127. The van der Waals surface area contributed by atoms with Crippen molar-refractivity contribution >= 4 is 29.9 Å². The van der Waals surface area contributed by atoms with Crippen LogP contribution in [0.25, 0.3) is 0 Å². The van der Waals surface area contributed by atoms with E-state index in [1.54, 1.807) is 7.11 Å². The van der Waals surface area contributed by atoms with E-state index in [-0.39, 0.29) is 30.0 Å². The van der Waals surface area contributed by atoms with E-state index in [2.05, 4.69) is 60.6 Å². The molecule has 1 aromatic rings. The van der Waals surface area contributed by atoms with Gasteiger partial charge in [0.1, 0.15) is 0 Å². The highest BCUT2D eigenvalue weighted by molar-refractivity contribution is 14.0. The summed E-state index contributed by atoms with van der Waals surface area (Å²) in [5.74, 6) is 0.846. The number of aliphatic imine (C=N–C) groups is 1. The average Bonchev–Trinajstić information content (AvgIpc) is 2.63. The molecular weight excluding hydrogens is 451 g/mol. The molecule has 27 heavy (non-hydrogen) atoms. The van der Waals surface area contributed by atoms with Crippen molar-refractivity contribution in [3.63, 3.8) is 0 Å². The van der Waals surface area contributed by atoms with Gasteiger partial charge in [0.25, 0.3) is 0 Å². The van der Waals surface area contributed by atoms with Gasteiger partial charge in [-0.1, -0.05) is 30.7 Å². The zero-order chi connectivity index (χ0) is 18.8. The highest BCUT2D eigenvalue weighted by Crippen LogP contribution is 2.21. The van der Waals surface area contributed by atoms with Crippen molar-refractivity contribution in [1.29, 1.82) is 0 Å². The molecule has 1 aliphatic heterocycles. The molecule has 6 heteroatoms. The van der Waals surface area contributed by atoms with Crippen molar-refractivity contribution in [3.8, 4) is 0 Å². The predicted molar refractivity (Wildman–Crippen MR) is 125 cm³/mol. The first-order valence-corrected chi connectivity index (χ1v) is 9.98. The van der Waals surface area contributed by atoms with Gasteiger partial charge in [-0.05, 0) is 51.3 Å². The minimum absolute atomic E-state index is 0. The van der Waals surface area contributed by atoms with Crippen LogP contribution >= 0.6 is 24.0 Å². The summed E-state index contributed by atoms with van der Waals surface area (Å²) in [6.45, 7) is 11.0. The lowest BCUT2D eigenvalue weighted by molar-refractivity contribution is 0.152. The summed E-state index contributed by atoms with van der Waals surface area (Å²) < 4.78 is 5.21. The number of ether oxygens (including phenoxy) is 1. The Hall–Kier alpha value is -0.860. The van der Waals surface area contributed by atoms with E-state index in [9.17, 15) is 0 Å². The highest BCUT2D eigenvalue weighted by Gasteiger charge is 2.19. The molecule has 0 amide bonds. The number of benzene rings is 1. The number of likely N-dealkylation sites (tertiary alicyclic amines) is 1. The molecule has 0 spiro atoms. The molecule has 154 valence electrons. The standard InChI is InChI=1S/C21H36N4O.HI/c1-5-22-21(24-17(2)16-26-4)23-14-19-11-6-7-12-20(19)15-25-13-9-8-10-18(25)3;/h6-7,11-12,17-18H,5,8-10,13-16H2,1-4H3,(H2,22,23,24);1H. The van der Waals surface area contributed by atoms with Gasteiger partial charge >= 0.3 is 0 Å². The van der Waals surface area contributed by atoms with Gasteiger partial charge in [0.15, 0.2) is 5.96 Å². The fourth-order valence-corrected chi connectivity index (χ4v) is 3.49. The van der Waals surface area contributed by atoms with Gasteiger partial charge in [0, 0.05) is 32.3 Å². The Kier molecular flexibility index (Phi) is 11.9. The molecule has 1 aromatic carbocycles. The Balaban J connectivity index is 0.00000364. The molecule has 1 aliphatic rings. The van der Waals surface area contributed by atoms with E-state index >= 15 is 0 Å². The first-order chi connectivity index (χ1) is 12.6. The second-order valence-electron chi connectivity index (χ2n) is 7.28. The van der Waals surface area contributed by atoms with Crippen LogP contribution in [0.1, 0.15) is 51.2 Å². The van der Waals surface area contributed by atoms with Gasteiger partial charge in [-0.3, -0.25) is 4.90 Å². The Bertz CT molecular complexity index is 567. The monoisotopic (exact) mass is 488 g/mol. The maximum absolute atomic E-state index is 5.21. The SMILES string of the molecule is CCNC(=NCc1ccccc1CN1CCCCC1C)NC(C)COC.I. The number of methoxy groups -OCH3 is 1. The topological polar surface area (TPSA) is 48.9 Å². The molecule has 2 unspecified atom stereocenters. The summed E-state index contributed by atoms with van der Waals surface area (Å²) in [6.07, 6.45) is 3.99. The normalized spacial score (nSPS) is 19.3. The van der Waals surface area contributed by atoms with Crippen molar-refractivity contribution in [2.45, 2.75) is 65.2 Å². The summed E-state index contributed by atoms with van der Waals surface area (Å²) >= 11 is 0. The number of hydrogen-bond acceptors (Lipinski definition) is 3. The number of nitrogens with one attached hydrogen (secondary N) is 2. The number of guanidine groups is 1. The van der Waals surface area contributed by atoms with Crippen LogP contribution in [-0.4, -0.2) is 49.7 Å². The predicted octanol–water partition coefficient (Wildman–Crippen LogP) is 3.77. The molecule has 0 saturated carbocycles. The van der Waals surface area contributed by atoms with E-state index in [4.69, 9.17) is 9.73 Å². The van der Waals surface area contributed by atoms with Crippen molar-refractivity contribution in [2.75, 3.05) is 26.8 Å². The molecule has 0 aromatic heterocycles. The van der Waals surface area contributed by atoms with Crippen molar-refractivity contribution in [2.24, 2.45) is 4.99 Å². The number of hydrogen-bond donors (Lipinski definition) is 2. The largest absolute Gasteiger partial charge is 0.383 e. The summed E-state index contributed by atoms with van der Waals surface area (Å²) in [4.78, 5) is 7.41. The summed E-state index contributed by atoms with van der Waals surface area (Å²) in [7, 11) is 1.72. The van der Waals surface area contributed by atoms with Crippen LogP contribution in [-0.2, 0) is 17.8 Å². The van der Waals surface area contributed by atoms with E-state index < -0.39 is 0 Å². The van der Waals surface area contributed by atoms with Gasteiger partial charge < -0.3 is 15.4 Å². The molecule has 1 saturated heterocycles. The van der Waals surface area contributed by atoms with Gasteiger partial charge in [-0.25, -0.2) is 4.99 Å². The molecule has 0 radical (unpaired) electrons. The van der Waals surface area contributed by atoms with Gasteiger partial charge in [0.05, 0.1) is 13.2 Å². The fraction of sp³-hybridized carbons (Fsp3) is 0.667. The van der Waals surface area contributed by atoms with Crippen LogP contribution in [0.3, 0.4) is 0 Å². The Morgan fingerprint density at radius 3 is 2.70 bits per heavy atom. The summed E-state index contributed by atoms with van der Waals surface area (Å²) in [6, 6.07) is 9.61. The minimum Gasteiger partial charge on any atom is -0.383 e. The maximum Gasteiger partial charge on any atom is 0.191 e. The van der Waals surface area contributed by atoms with Crippen LogP contribution in [0, 0.1) is 0 Å². The Labute approximate surface area is 182 Å². The molecule has 5 nitrogen and oxygen atoms in total. The summed E-state index contributed by atoms with van der Waals surface area (Å²) in [5, 5.41) is 6.72. The van der Waals surface area contributed by atoms with Gasteiger partial charge in [0.2, 0.25) is 0 Å². The van der Waals surface area contributed by atoms with Crippen LogP contribution in [0.15, 0.2) is 29.3 Å². The maximum atomic E-state index is 5.21. The van der Waals surface area contributed by atoms with Crippen molar-refractivity contribution in [1.82, 2.24) is 15.5 Å². The molecular formula is C21H37IN4O. The second kappa shape index (κ2) is 13.3. The second-order valence-corrected chi connectivity index (χ2v) is 7.28. The first-order valence-electron chi connectivity index (χ1n) is 9.98. The van der Waals surface area contributed by atoms with E-state index in [1.165, 1.54) is 36.9 Å². The number of rotatable bonds is 8. The average molecular weight is 488 g/mol. The third-order valence-corrected chi connectivity index (χ3v) is 4.98. The molecule has 2 rings (SSSR count). The molecule has 1 fully saturated rings. The molecule has 2 atom stereocenters. The number of piperidine rings is 1. The molecule has 1 heterocycles. The molecule has 2 N–H and O–H groups in total. The van der Waals surface area contributed by atoms with E-state index in [1.807, 2.05) is 0 Å². The lowest BCUT2D eigenvalue weighted by Crippen LogP contribution is -2.44. The third-order valence-electron chi connectivity index (χ3n) is 4.98. The fourth-order valence-electron chi connectivity index (χ4n) is 3.49. The summed E-state index contributed by atoms with van der Waals surface area (Å²) in [5.41, 5.74) is 2.70. The van der Waals surface area contributed by atoms with Crippen LogP contribution in [0.4, 0.5) is 0 Å². The van der Waals surface area contributed by atoms with Crippen molar-refractivity contribution in [3.05, 3.63) is 35.4 Å². The minimum atomic E-state index is 0. The smallest absolute Gasteiger partial charge is 0.191 e. The van der Waals surface area contributed by atoms with Gasteiger partial charge in [-0.15, -0.1) is 24.0 Å². The zero-order valence-corrected chi connectivity index (χ0v) is 19.7. The first kappa shape index (κ1) is 24.2. The Morgan fingerprint density at radius 2 is 2.04 bits per heavy atom. The lowest BCUT2D eigenvalue weighted by atomic mass is 10.0. The number of halogens is 1. The van der Waals surface area contributed by atoms with Gasteiger partial charge in [-0.2, -0.15) is 0 Å². The lowest BCUT2D eigenvalue weighted by Gasteiger charge is -2.33. The van der Waals surface area contributed by atoms with E-state index in [0.717, 1.165) is 19.0 Å². The zero-order valence-electron chi connectivity index (χ0n) is 17.3. The van der Waals surface area contributed by atoms with Crippen molar-refractivity contribution < 1.29 is 4.74 Å².